The van der Waals surface area contributed by atoms with E-state index >= 15 is 0 Å². The summed E-state index contributed by atoms with van der Waals surface area (Å²) in [5.74, 6) is -0.0499. The molecule has 1 fully saturated rings. The fourth-order valence-corrected chi connectivity index (χ4v) is 4.34. The number of carbonyl (C=O) groups is 1. The fourth-order valence-electron chi connectivity index (χ4n) is 4.34. The van der Waals surface area contributed by atoms with Crippen LogP contribution in [0.25, 0.3) is 22.0 Å². The predicted molar refractivity (Wildman–Crippen MR) is 137 cm³/mol. The normalized spacial score (nSPS) is 15.5. The van der Waals surface area contributed by atoms with Crippen molar-refractivity contribution in [2.45, 2.75) is 6.04 Å². The molecule has 5 rings (SSSR count). The molecule has 10 heteroatoms. The van der Waals surface area contributed by atoms with Crippen LogP contribution in [0.1, 0.15) is 0 Å². The Balaban J connectivity index is 0.00000304. The van der Waals surface area contributed by atoms with Crippen molar-refractivity contribution >= 4 is 40.7 Å². The molecule has 0 spiro atoms. The van der Waals surface area contributed by atoms with E-state index in [2.05, 4.69) is 15.5 Å². The number of aromatic nitrogens is 2. The van der Waals surface area contributed by atoms with E-state index in [-0.39, 0.29) is 36.7 Å². The summed E-state index contributed by atoms with van der Waals surface area (Å²) in [6.07, 6.45) is 0. The van der Waals surface area contributed by atoms with Crippen molar-refractivity contribution in [3.05, 3.63) is 84.4 Å². The topological polar surface area (TPSA) is 81.6 Å². The number of amides is 2. The highest BCUT2D eigenvalue weighted by atomic mass is 35.5. The van der Waals surface area contributed by atoms with Crippen LogP contribution in [0.2, 0.25) is 0 Å². The molecule has 1 aliphatic heterocycles. The maximum atomic E-state index is 13.4. The number of piperazine rings is 1. The fraction of sp³-hybridized carbons (Fsp3) is 0.192. The van der Waals surface area contributed by atoms with Gasteiger partial charge in [-0.2, -0.15) is 0 Å². The van der Waals surface area contributed by atoms with Crippen molar-refractivity contribution in [1.29, 1.82) is 0 Å². The Kier molecular flexibility index (Phi) is 7.61. The lowest BCUT2D eigenvalue weighted by atomic mass is 10.0. The first-order valence-electron chi connectivity index (χ1n) is 11.2. The third-order valence-corrected chi connectivity index (χ3v) is 6.13. The lowest BCUT2D eigenvalue weighted by Crippen LogP contribution is -2.58. The molecule has 0 radical (unpaired) electrons. The first-order valence-corrected chi connectivity index (χ1v) is 11.2. The van der Waals surface area contributed by atoms with Crippen LogP contribution in [0.5, 0.6) is 0 Å². The Morgan fingerprint density at radius 1 is 0.917 bits per heavy atom. The summed E-state index contributed by atoms with van der Waals surface area (Å²) in [4.78, 5) is 16.4. The zero-order valence-electron chi connectivity index (χ0n) is 19.1. The number of benzene rings is 3. The molecule has 36 heavy (non-hydrogen) atoms. The number of rotatable bonds is 4. The Bertz CT molecular complexity index is 1360. The van der Waals surface area contributed by atoms with Crippen molar-refractivity contribution in [1.82, 2.24) is 15.1 Å². The second-order valence-electron chi connectivity index (χ2n) is 8.34. The maximum Gasteiger partial charge on any atom is 0.322 e. The number of halogens is 3. The average Bonchev–Trinajstić information content (AvgIpc) is 2.89. The van der Waals surface area contributed by atoms with Gasteiger partial charge in [-0.3, -0.25) is 0 Å². The van der Waals surface area contributed by atoms with E-state index in [4.69, 9.17) is 0 Å². The molecule has 0 bridgehead atoms. The highest BCUT2D eigenvalue weighted by Gasteiger charge is 2.31. The molecule has 1 atom stereocenters. The Morgan fingerprint density at radius 2 is 1.56 bits per heavy atom. The van der Waals surface area contributed by atoms with Crippen LogP contribution in [0.15, 0.2) is 72.8 Å². The van der Waals surface area contributed by atoms with E-state index in [1.54, 1.807) is 17.0 Å². The van der Waals surface area contributed by atoms with Crippen LogP contribution >= 0.6 is 12.4 Å². The molecule has 1 saturated heterocycles. The largest absolute Gasteiger partial charge is 0.394 e. The molecule has 2 N–H and O–H groups in total. The molecule has 0 unspecified atom stereocenters. The van der Waals surface area contributed by atoms with Crippen molar-refractivity contribution in [2.75, 3.05) is 36.5 Å². The highest BCUT2D eigenvalue weighted by molar-refractivity contribution is 6.00. The van der Waals surface area contributed by atoms with E-state index in [1.807, 2.05) is 29.2 Å². The van der Waals surface area contributed by atoms with Gasteiger partial charge in [-0.1, -0.05) is 24.3 Å². The summed E-state index contributed by atoms with van der Waals surface area (Å²) in [7, 11) is 0. The summed E-state index contributed by atoms with van der Waals surface area (Å²) in [6, 6.07) is 18.5. The van der Waals surface area contributed by atoms with E-state index in [9.17, 15) is 18.7 Å². The van der Waals surface area contributed by atoms with Crippen molar-refractivity contribution in [3.63, 3.8) is 0 Å². The molecule has 2 amide bonds. The van der Waals surface area contributed by atoms with Crippen LogP contribution < -0.4 is 10.2 Å². The van der Waals surface area contributed by atoms with E-state index in [0.29, 0.717) is 36.8 Å². The first-order chi connectivity index (χ1) is 17.0. The van der Waals surface area contributed by atoms with Crippen molar-refractivity contribution in [3.8, 4) is 11.3 Å². The van der Waals surface area contributed by atoms with Crippen LogP contribution in [0, 0.1) is 11.6 Å². The van der Waals surface area contributed by atoms with Gasteiger partial charge in [0.05, 0.1) is 12.6 Å². The second-order valence-corrected chi connectivity index (χ2v) is 8.34. The van der Waals surface area contributed by atoms with Gasteiger partial charge in [0.25, 0.3) is 0 Å². The zero-order chi connectivity index (χ0) is 24.4. The second kappa shape index (κ2) is 10.8. The van der Waals surface area contributed by atoms with Gasteiger partial charge in [0.15, 0.2) is 5.82 Å². The van der Waals surface area contributed by atoms with E-state index in [1.165, 1.54) is 36.4 Å². The smallest absolute Gasteiger partial charge is 0.322 e. The van der Waals surface area contributed by atoms with Gasteiger partial charge in [-0.05, 0) is 48.5 Å². The third kappa shape index (κ3) is 5.07. The Hall–Kier alpha value is -3.82. The summed E-state index contributed by atoms with van der Waals surface area (Å²) in [5.41, 5.74) is 1.89. The SMILES string of the molecule is Cl.O=C(Nc1ccc(F)cc1)N1CCN(c2nnc(-c3ccc(F)cc3)c3ccccc23)C[C@@H]1CO. The highest BCUT2D eigenvalue weighted by Crippen LogP contribution is 2.32. The van der Waals surface area contributed by atoms with Crippen LogP contribution in [-0.2, 0) is 0 Å². The van der Waals surface area contributed by atoms with Gasteiger partial charge in [0, 0.05) is 41.7 Å². The summed E-state index contributed by atoms with van der Waals surface area (Å²) < 4.78 is 26.6. The first kappa shape index (κ1) is 25.3. The number of hydrogen-bond acceptors (Lipinski definition) is 5. The Morgan fingerprint density at radius 3 is 2.22 bits per heavy atom. The summed E-state index contributed by atoms with van der Waals surface area (Å²) in [5, 5.41) is 23.5. The maximum absolute atomic E-state index is 13.4. The zero-order valence-corrected chi connectivity index (χ0v) is 20.0. The van der Waals surface area contributed by atoms with Crippen molar-refractivity contribution in [2.24, 2.45) is 0 Å². The van der Waals surface area contributed by atoms with Crippen LogP contribution in [0.3, 0.4) is 0 Å². The minimum atomic E-state index is -0.471. The quantitative estimate of drug-likeness (QED) is 0.414. The monoisotopic (exact) mass is 511 g/mol. The van der Waals surface area contributed by atoms with Gasteiger partial charge in [0.2, 0.25) is 0 Å². The van der Waals surface area contributed by atoms with E-state index in [0.717, 1.165) is 16.3 Å². The number of urea groups is 1. The molecule has 186 valence electrons. The number of nitrogens with one attached hydrogen (secondary N) is 1. The number of hydrogen-bond donors (Lipinski definition) is 2. The summed E-state index contributed by atoms with van der Waals surface area (Å²) >= 11 is 0. The molecule has 3 aromatic carbocycles. The molecule has 0 saturated carbocycles. The van der Waals surface area contributed by atoms with Gasteiger partial charge < -0.3 is 20.2 Å². The third-order valence-electron chi connectivity index (χ3n) is 6.13. The van der Waals surface area contributed by atoms with Gasteiger partial charge >= 0.3 is 6.03 Å². The molecule has 0 aliphatic carbocycles. The summed E-state index contributed by atoms with van der Waals surface area (Å²) in [6.45, 7) is 0.976. The van der Waals surface area contributed by atoms with Crippen molar-refractivity contribution < 1.29 is 18.7 Å². The lowest BCUT2D eigenvalue weighted by molar-refractivity contribution is 0.132. The number of nitrogens with zero attached hydrogens (tertiary/aromatic N) is 4. The molecular formula is C26H24ClF2N5O2. The van der Waals surface area contributed by atoms with Crippen LogP contribution in [-0.4, -0.2) is 58.5 Å². The molecule has 1 aromatic heterocycles. The van der Waals surface area contributed by atoms with Crippen LogP contribution in [0.4, 0.5) is 25.1 Å². The molecule has 4 aromatic rings. The number of carbonyl (C=O) groups excluding carboxylic acids is 1. The number of aliphatic hydroxyl groups is 1. The molecule has 7 nitrogen and oxygen atoms in total. The van der Waals surface area contributed by atoms with Gasteiger partial charge in [-0.25, -0.2) is 13.6 Å². The number of aliphatic hydroxyl groups excluding tert-OH is 1. The number of anilines is 2. The minimum Gasteiger partial charge on any atom is -0.394 e. The standard InChI is InChI=1S/C26H23F2N5O2.ClH/c27-18-7-5-17(6-8-18)24-22-3-1-2-4-23(22)25(31-30-24)32-13-14-33(21(15-32)16-34)26(35)29-20-11-9-19(28)10-12-20;/h1-12,21,34H,13-16H2,(H,29,35);1H/t21-;/m1./s1. The van der Waals surface area contributed by atoms with Gasteiger partial charge in [-0.15, -0.1) is 22.6 Å². The molecule has 2 heterocycles. The van der Waals surface area contributed by atoms with Gasteiger partial charge in [0.1, 0.15) is 17.3 Å². The Labute approximate surface area is 212 Å². The molecule has 1 aliphatic rings. The van der Waals surface area contributed by atoms with E-state index < -0.39 is 6.04 Å². The molecular weight excluding hydrogens is 488 g/mol. The number of fused-ring (bicyclic) bond motifs is 1. The average molecular weight is 512 g/mol. The predicted octanol–water partition coefficient (Wildman–Crippen LogP) is 4.71. The minimum absolute atomic E-state index is 0. The lowest BCUT2D eigenvalue weighted by Gasteiger charge is -2.41.